The Hall–Kier alpha value is -6.19. The molecule has 6 aromatic carbocycles. The number of nitrogens with one attached hydrogen (secondary N) is 1. The lowest BCUT2D eigenvalue weighted by molar-refractivity contribution is 0.852. The van der Waals surface area contributed by atoms with Crippen LogP contribution in [0.25, 0.3) is 71.6 Å². The molecule has 0 radical (unpaired) electrons. The fraction of sp³-hybridized carbons (Fsp3) is 0.0444. The first-order valence-electron chi connectivity index (χ1n) is 16.4. The fourth-order valence-corrected chi connectivity index (χ4v) is 7.54. The van der Waals surface area contributed by atoms with Crippen molar-refractivity contribution < 1.29 is 0 Å². The molecule has 48 heavy (non-hydrogen) atoms. The van der Waals surface area contributed by atoms with E-state index in [1.165, 1.54) is 71.6 Å². The Kier molecular flexibility index (Phi) is 6.76. The highest BCUT2D eigenvalue weighted by Gasteiger charge is 2.31. The van der Waals surface area contributed by atoms with Gasteiger partial charge in [-0.1, -0.05) is 140 Å². The third-order valence-corrected chi connectivity index (χ3v) is 9.61. The Labute approximate surface area is 279 Å². The van der Waals surface area contributed by atoms with Crippen LogP contribution in [-0.4, -0.2) is 23.7 Å². The minimum Gasteiger partial charge on any atom is -0.299 e. The highest BCUT2D eigenvalue weighted by molar-refractivity contribution is 6.50. The van der Waals surface area contributed by atoms with Gasteiger partial charge in [0.2, 0.25) is 0 Å². The summed E-state index contributed by atoms with van der Waals surface area (Å²) < 4.78 is 0. The van der Waals surface area contributed by atoms with Crippen LogP contribution < -0.4 is 0 Å². The van der Waals surface area contributed by atoms with Crippen LogP contribution >= 0.6 is 0 Å². The standard InChI is InChI=1S/C45H31N3/c46-39-22-9-10-23-40(39)47-26-12-17-32-27-31(28-48-32)33-24-25-38-43-34(33)20-11-21-37(43)44-41(29-13-3-1-4-14-29)35-18-7-8-19-36(35)42(45(38)44)30-15-5-2-6-16-30/h1-16,18-28,32,46H,17H2/b26-12+,46-39?,47-40-. The summed E-state index contributed by atoms with van der Waals surface area (Å²) in [5.41, 5.74) is 13.7. The van der Waals surface area contributed by atoms with Gasteiger partial charge in [0, 0.05) is 12.4 Å². The third kappa shape index (κ3) is 4.55. The number of rotatable bonds is 6. The first-order chi connectivity index (χ1) is 23.8. The highest BCUT2D eigenvalue weighted by Crippen LogP contribution is 2.58. The van der Waals surface area contributed by atoms with E-state index >= 15 is 0 Å². The van der Waals surface area contributed by atoms with Crippen molar-refractivity contribution in [2.24, 2.45) is 9.98 Å². The number of hydrogen-bond donors (Lipinski definition) is 1. The first kappa shape index (κ1) is 28.1. The third-order valence-electron chi connectivity index (χ3n) is 9.61. The van der Waals surface area contributed by atoms with E-state index in [2.05, 4.69) is 126 Å². The van der Waals surface area contributed by atoms with Gasteiger partial charge < -0.3 is 0 Å². The summed E-state index contributed by atoms with van der Waals surface area (Å²) in [6.45, 7) is 0. The topological polar surface area (TPSA) is 48.6 Å². The van der Waals surface area contributed by atoms with Crippen LogP contribution in [-0.2, 0) is 0 Å². The van der Waals surface area contributed by atoms with Gasteiger partial charge in [0.1, 0.15) is 0 Å². The lowest BCUT2D eigenvalue weighted by atomic mass is 9.82. The second kappa shape index (κ2) is 11.6. The molecule has 0 spiro atoms. The maximum absolute atomic E-state index is 8.03. The van der Waals surface area contributed by atoms with Gasteiger partial charge >= 0.3 is 0 Å². The first-order valence-corrected chi connectivity index (χ1v) is 16.4. The van der Waals surface area contributed by atoms with Gasteiger partial charge in [-0.2, -0.15) is 0 Å². The van der Waals surface area contributed by atoms with Crippen LogP contribution in [0.1, 0.15) is 12.0 Å². The zero-order valence-electron chi connectivity index (χ0n) is 26.3. The van der Waals surface area contributed by atoms with Crippen molar-refractivity contribution in [2.45, 2.75) is 12.5 Å². The monoisotopic (exact) mass is 613 g/mol. The Morgan fingerprint density at radius 1 is 0.604 bits per heavy atom. The summed E-state index contributed by atoms with van der Waals surface area (Å²) in [7, 11) is 0. The van der Waals surface area contributed by atoms with Gasteiger partial charge in [-0.05, 0) is 95.8 Å². The normalized spacial score (nSPS) is 16.9. The molecule has 0 amide bonds. The second-order valence-electron chi connectivity index (χ2n) is 12.4. The fourth-order valence-electron chi connectivity index (χ4n) is 7.54. The van der Waals surface area contributed by atoms with E-state index in [1.54, 1.807) is 12.3 Å². The van der Waals surface area contributed by atoms with Crippen LogP contribution in [0.4, 0.5) is 0 Å². The lowest BCUT2D eigenvalue weighted by Gasteiger charge is -2.20. The maximum atomic E-state index is 8.03. The number of aliphatic imine (C=N–C) groups is 2. The van der Waals surface area contributed by atoms with Crippen molar-refractivity contribution in [3.05, 3.63) is 163 Å². The highest BCUT2D eigenvalue weighted by atomic mass is 14.8. The molecule has 1 aliphatic heterocycles. The zero-order valence-corrected chi connectivity index (χ0v) is 26.3. The summed E-state index contributed by atoms with van der Waals surface area (Å²) in [6.07, 6.45) is 16.3. The molecule has 0 fully saturated rings. The molecule has 1 heterocycles. The van der Waals surface area contributed by atoms with Crippen molar-refractivity contribution in [1.82, 2.24) is 0 Å². The summed E-state index contributed by atoms with van der Waals surface area (Å²) in [5.74, 6) is 0. The SMILES string of the molecule is N=C1C=CC=C/C1=N/C=C/CC1C=C(c2ccc3c4c(cccc24)-c2c-3c(-c3ccccc3)c3ccccc3c2-c2ccccc2)C=N1. The van der Waals surface area contributed by atoms with Gasteiger partial charge in [-0.25, -0.2) is 0 Å². The molecule has 6 aromatic rings. The predicted molar refractivity (Wildman–Crippen MR) is 204 cm³/mol. The smallest absolute Gasteiger partial charge is 0.0878 e. The molecule has 0 aromatic heterocycles. The van der Waals surface area contributed by atoms with E-state index in [9.17, 15) is 0 Å². The number of benzene rings is 6. The van der Waals surface area contributed by atoms with Crippen LogP contribution in [0.2, 0.25) is 0 Å². The molecule has 1 unspecified atom stereocenters. The van der Waals surface area contributed by atoms with Crippen molar-refractivity contribution in [3.63, 3.8) is 0 Å². The minimum atomic E-state index is 0.0533. The maximum Gasteiger partial charge on any atom is 0.0878 e. The Balaban J connectivity index is 1.20. The van der Waals surface area contributed by atoms with Crippen molar-refractivity contribution in [1.29, 1.82) is 5.41 Å². The molecular formula is C45H31N3. The molecular weight excluding hydrogens is 583 g/mol. The molecule has 1 atom stereocenters. The van der Waals surface area contributed by atoms with Gasteiger partial charge in [0.05, 0.1) is 17.5 Å². The molecule has 0 saturated heterocycles. The van der Waals surface area contributed by atoms with Gasteiger partial charge in [-0.15, -0.1) is 0 Å². The number of nitrogens with zero attached hydrogens (tertiary/aromatic N) is 2. The summed E-state index contributed by atoms with van der Waals surface area (Å²) >= 11 is 0. The average molecular weight is 614 g/mol. The largest absolute Gasteiger partial charge is 0.299 e. The van der Waals surface area contributed by atoms with E-state index < -0.39 is 0 Å². The van der Waals surface area contributed by atoms with Crippen molar-refractivity contribution in [3.8, 4) is 44.5 Å². The Bertz CT molecular complexity index is 2380. The predicted octanol–water partition coefficient (Wildman–Crippen LogP) is 11.3. The minimum absolute atomic E-state index is 0.0533. The molecule has 226 valence electrons. The second-order valence-corrected chi connectivity index (χ2v) is 12.4. The van der Waals surface area contributed by atoms with Crippen LogP contribution in [0.3, 0.4) is 0 Å². The number of allylic oxidation sites excluding steroid dienone is 5. The van der Waals surface area contributed by atoms with Crippen molar-refractivity contribution in [2.75, 3.05) is 0 Å². The quantitative estimate of drug-likeness (QED) is 0.181. The Morgan fingerprint density at radius 3 is 1.90 bits per heavy atom. The lowest BCUT2D eigenvalue weighted by Crippen LogP contribution is -2.08. The average Bonchev–Trinajstić information content (AvgIpc) is 3.74. The van der Waals surface area contributed by atoms with Crippen LogP contribution in [0.15, 0.2) is 168 Å². The molecule has 2 aliphatic carbocycles. The summed E-state index contributed by atoms with van der Waals surface area (Å²) in [6, 6.07) is 42.1. The summed E-state index contributed by atoms with van der Waals surface area (Å²) in [5, 5.41) is 13.1. The van der Waals surface area contributed by atoms with Crippen LogP contribution in [0, 0.1) is 5.41 Å². The number of fused-ring (bicyclic) bond motifs is 4. The zero-order chi connectivity index (χ0) is 32.0. The number of hydrogen-bond acceptors (Lipinski definition) is 3. The van der Waals surface area contributed by atoms with E-state index in [4.69, 9.17) is 10.4 Å². The van der Waals surface area contributed by atoms with E-state index in [-0.39, 0.29) is 6.04 Å². The van der Waals surface area contributed by atoms with E-state index in [1.807, 2.05) is 30.5 Å². The van der Waals surface area contributed by atoms with Gasteiger partial charge in [0.15, 0.2) is 0 Å². The summed E-state index contributed by atoms with van der Waals surface area (Å²) in [4.78, 5) is 9.33. The Morgan fingerprint density at radius 2 is 1.21 bits per heavy atom. The molecule has 1 N–H and O–H groups in total. The molecule has 3 aliphatic rings. The molecule has 0 bridgehead atoms. The molecule has 9 rings (SSSR count). The van der Waals surface area contributed by atoms with Gasteiger partial charge in [0.25, 0.3) is 0 Å². The van der Waals surface area contributed by atoms with Gasteiger partial charge in [-0.3, -0.25) is 15.4 Å². The van der Waals surface area contributed by atoms with Crippen LogP contribution in [0.5, 0.6) is 0 Å². The molecule has 3 nitrogen and oxygen atoms in total. The molecule has 3 heteroatoms. The van der Waals surface area contributed by atoms with E-state index in [0.29, 0.717) is 11.4 Å². The van der Waals surface area contributed by atoms with Crippen molar-refractivity contribution >= 4 is 44.8 Å². The molecule has 0 saturated carbocycles. The van der Waals surface area contributed by atoms with E-state index in [0.717, 1.165) is 12.0 Å².